The summed E-state index contributed by atoms with van der Waals surface area (Å²) >= 11 is 0. The first-order valence-electron chi connectivity index (χ1n) is 16.1. The zero-order valence-electron chi connectivity index (χ0n) is 28.2. The van der Waals surface area contributed by atoms with Crippen molar-refractivity contribution in [3.8, 4) is 28.4 Å². The number of carbonyl (C=O) groups is 2. The number of nitrogens with one attached hydrogen (secondary N) is 3. The summed E-state index contributed by atoms with van der Waals surface area (Å²) in [5.74, 6) is 0.0615. The molecular weight excluding hydrogens is 678 g/mol. The number of benzene rings is 4. The summed E-state index contributed by atoms with van der Waals surface area (Å²) in [6.07, 6.45) is 2.52. The van der Waals surface area contributed by atoms with E-state index in [0.717, 1.165) is 23.3 Å². The Morgan fingerprint density at radius 3 is 1.48 bits per heavy atom. The molecule has 15 nitrogen and oxygen atoms in total. The van der Waals surface area contributed by atoms with Crippen LogP contribution in [0.1, 0.15) is 6.42 Å². The molecule has 0 heterocycles. The van der Waals surface area contributed by atoms with Crippen molar-refractivity contribution in [2.75, 3.05) is 39.6 Å². The van der Waals surface area contributed by atoms with Gasteiger partial charge in [-0.15, -0.1) is 10.5 Å². The minimum absolute atomic E-state index is 0.107. The van der Waals surface area contributed by atoms with E-state index in [2.05, 4.69) is 13.2 Å². The number of hydrogen-bond acceptors (Lipinski definition) is 12. The third kappa shape index (κ3) is 12.9. The highest BCUT2D eigenvalue weighted by molar-refractivity contribution is 5.81. The lowest BCUT2D eigenvalue weighted by atomic mass is 10.1. The molecule has 52 heavy (non-hydrogen) atoms. The summed E-state index contributed by atoms with van der Waals surface area (Å²) < 4.78 is 20.5. The van der Waals surface area contributed by atoms with Crippen LogP contribution in [-0.4, -0.2) is 51.6 Å². The fourth-order valence-corrected chi connectivity index (χ4v) is 4.31. The number of carbonyl (C=O) groups excluding carboxylic acids is 2. The quantitative estimate of drug-likeness (QED) is 0.0469. The van der Waals surface area contributed by atoms with Gasteiger partial charge in [0.2, 0.25) is 0 Å². The van der Waals surface area contributed by atoms with Crippen molar-refractivity contribution in [1.29, 1.82) is 0 Å². The summed E-state index contributed by atoms with van der Waals surface area (Å²) in [5, 5.41) is 36.0. The van der Waals surface area contributed by atoms with Crippen LogP contribution in [0, 0.1) is 15.6 Å². The zero-order chi connectivity index (χ0) is 37.1. The molecule has 4 rings (SSSR count). The fraction of sp³-hybridized carbons (Fsp3) is 0.189. The molecule has 0 amide bonds. The molecule has 274 valence electrons. The lowest BCUT2D eigenvalue weighted by Crippen LogP contribution is -3.04. The predicted octanol–water partition coefficient (Wildman–Crippen LogP) is 2.56. The van der Waals surface area contributed by atoms with Gasteiger partial charge in [0.15, 0.2) is 28.6 Å². The number of esters is 2. The lowest BCUT2D eigenvalue weighted by molar-refractivity contribution is -0.997. The highest BCUT2D eigenvalue weighted by Gasteiger charge is 2.11. The van der Waals surface area contributed by atoms with Gasteiger partial charge in [0.1, 0.15) is 25.6 Å². The van der Waals surface area contributed by atoms with Crippen LogP contribution in [0.15, 0.2) is 122 Å². The van der Waals surface area contributed by atoms with Gasteiger partial charge in [0.05, 0.1) is 19.8 Å². The summed E-state index contributed by atoms with van der Waals surface area (Å²) in [6.45, 7) is 7.75. The molecule has 15 heteroatoms. The van der Waals surface area contributed by atoms with Crippen molar-refractivity contribution < 1.29 is 58.7 Å². The Labute approximate surface area is 299 Å². The van der Waals surface area contributed by atoms with E-state index in [4.69, 9.17) is 33.5 Å². The second-order valence-corrected chi connectivity index (χ2v) is 10.6. The molecule has 0 spiro atoms. The zero-order valence-corrected chi connectivity index (χ0v) is 28.2. The molecular formula is C37H39N3O12. The minimum Gasteiger partial charge on any atom is -0.595 e. The first kappa shape index (κ1) is 39.2. The van der Waals surface area contributed by atoms with Crippen molar-refractivity contribution in [2.45, 2.75) is 6.42 Å². The maximum atomic E-state index is 12.7. The second-order valence-electron chi connectivity index (χ2n) is 10.6. The number of ether oxygens (including phenoxy) is 4. The van der Waals surface area contributed by atoms with Crippen molar-refractivity contribution in [1.82, 2.24) is 0 Å². The van der Waals surface area contributed by atoms with Crippen LogP contribution in [0.2, 0.25) is 0 Å². The largest absolute Gasteiger partial charge is 0.595 e. The average molecular weight is 718 g/mol. The van der Waals surface area contributed by atoms with Gasteiger partial charge in [0, 0.05) is 55.0 Å². The molecule has 0 bridgehead atoms. The van der Waals surface area contributed by atoms with Crippen LogP contribution >= 0.6 is 0 Å². The molecule has 3 atom stereocenters. The number of quaternary nitrogens is 3. The molecule has 0 aliphatic heterocycles. The smallest absolute Gasteiger partial charge is 0.330 e. The summed E-state index contributed by atoms with van der Waals surface area (Å²) in [4.78, 5) is 38.1. The molecule has 3 N–H and O–H groups in total. The van der Waals surface area contributed by atoms with Gasteiger partial charge >= 0.3 is 11.9 Å². The molecule has 4 aromatic carbocycles. The van der Waals surface area contributed by atoms with E-state index >= 15 is 0 Å². The van der Waals surface area contributed by atoms with Crippen molar-refractivity contribution in [3.05, 3.63) is 138 Å². The van der Waals surface area contributed by atoms with E-state index in [9.17, 15) is 25.2 Å². The van der Waals surface area contributed by atoms with Crippen LogP contribution in [0.4, 0.5) is 17.1 Å². The molecule has 0 radical (unpaired) electrons. The summed E-state index contributed by atoms with van der Waals surface area (Å²) in [5.41, 5.74) is 2.61. The maximum Gasteiger partial charge on any atom is 0.330 e. The Morgan fingerprint density at radius 1 is 0.519 bits per heavy atom. The molecule has 0 fully saturated rings. The van der Waals surface area contributed by atoms with Gasteiger partial charge in [-0.1, -0.05) is 25.3 Å². The van der Waals surface area contributed by atoms with Gasteiger partial charge < -0.3 is 44.2 Å². The topological polar surface area (TPSA) is 181 Å². The van der Waals surface area contributed by atoms with E-state index in [0.29, 0.717) is 29.3 Å². The van der Waals surface area contributed by atoms with Crippen LogP contribution in [0.5, 0.6) is 17.2 Å². The minimum atomic E-state index is -0.593. The van der Waals surface area contributed by atoms with Gasteiger partial charge in [0.25, 0.3) is 0 Å². The molecule has 0 saturated carbocycles. The molecule has 0 aliphatic carbocycles. The fourth-order valence-electron chi connectivity index (χ4n) is 4.31. The Morgan fingerprint density at radius 2 is 0.942 bits per heavy atom. The standard InChI is InChI=1S/C37H39N3O12/c1-3-36(41)48-22-5-23-50-38(43)30-10-6-28(7-11-30)29-8-16-34(17-9-29)51-40(45)32-14-20-35(21-15-32)52-39(44)31-12-18-33(19-13-31)47-26-24-46-25-27-49-37(42)4-2/h3-4,6-21,38-40H,1-2,5,22-27H2. The SMILES string of the molecule is C=CC(=O)OCCCO[NH+]([O-])c1ccc(-c2ccc(O[NH+]([O-])c3ccc(O[NH+]([O-])c4ccc(OCCOCCOC(=O)C=C)cc4)cc3)cc2)cc1. The Hall–Kier alpha value is -5.62. The highest BCUT2D eigenvalue weighted by atomic mass is 16.9. The molecule has 4 aromatic rings. The number of rotatable bonds is 22. The van der Waals surface area contributed by atoms with Crippen LogP contribution in [0.25, 0.3) is 11.1 Å². The number of hydrogen-bond donors (Lipinski definition) is 3. The maximum absolute atomic E-state index is 12.7. The molecule has 0 aromatic heterocycles. The normalized spacial score (nSPS) is 12.5. The van der Waals surface area contributed by atoms with Crippen molar-refractivity contribution in [2.24, 2.45) is 0 Å². The lowest BCUT2D eigenvalue weighted by Gasteiger charge is -2.22. The summed E-state index contributed by atoms with van der Waals surface area (Å²) in [7, 11) is 0. The van der Waals surface area contributed by atoms with E-state index in [-0.39, 0.29) is 51.1 Å². The van der Waals surface area contributed by atoms with Gasteiger partial charge in [-0.05, 0) is 59.7 Å². The predicted molar refractivity (Wildman–Crippen MR) is 187 cm³/mol. The first-order valence-corrected chi connectivity index (χ1v) is 16.1. The van der Waals surface area contributed by atoms with E-state index in [1.54, 1.807) is 72.8 Å². The molecule has 3 unspecified atom stereocenters. The molecule has 0 aliphatic rings. The highest BCUT2D eigenvalue weighted by Crippen LogP contribution is 2.23. The first-order chi connectivity index (χ1) is 25.2. The Balaban J connectivity index is 1.18. The van der Waals surface area contributed by atoms with Crippen molar-refractivity contribution in [3.63, 3.8) is 0 Å². The van der Waals surface area contributed by atoms with E-state index in [1.807, 2.05) is 0 Å². The van der Waals surface area contributed by atoms with E-state index < -0.39 is 27.6 Å². The van der Waals surface area contributed by atoms with Gasteiger partial charge in [-0.3, -0.25) is 0 Å². The van der Waals surface area contributed by atoms with Gasteiger partial charge in [-0.2, -0.15) is 10.1 Å². The van der Waals surface area contributed by atoms with Crippen LogP contribution < -0.4 is 30.1 Å². The monoisotopic (exact) mass is 717 g/mol. The van der Waals surface area contributed by atoms with Gasteiger partial charge in [-0.25, -0.2) is 9.59 Å². The van der Waals surface area contributed by atoms with Crippen LogP contribution in [-0.2, 0) is 28.6 Å². The Kier molecular flexibility index (Phi) is 15.8. The second kappa shape index (κ2) is 20.9. The van der Waals surface area contributed by atoms with E-state index in [1.165, 1.54) is 24.3 Å². The summed E-state index contributed by atoms with van der Waals surface area (Å²) in [6, 6.07) is 26.1. The molecule has 0 saturated heterocycles. The Bertz CT molecular complexity index is 1700. The third-order valence-electron chi connectivity index (χ3n) is 6.98. The average Bonchev–Trinajstić information content (AvgIpc) is 3.17. The third-order valence-corrected chi connectivity index (χ3v) is 6.98. The van der Waals surface area contributed by atoms with Crippen molar-refractivity contribution >= 4 is 29.0 Å². The van der Waals surface area contributed by atoms with Crippen LogP contribution in [0.3, 0.4) is 0 Å².